The zero-order chi connectivity index (χ0) is 14.0. The normalized spacial score (nSPS) is 12.3. The summed E-state index contributed by atoms with van der Waals surface area (Å²) in [5.74, 6) is 0.941. The zero-order valence-corrected chi connectivity index (χ0v) is 12.2. The maximum absolute atomic E-state index is 4.40. The average molecular weight is 259 g/mol. The van der Waals surface area contributed by atoms with Gasteiger partial charge in [-0.15, -0.1) is 0 Å². The molecule has 2 aromatic heterocycles. The Morgan fingerprint density at radius 3 is 2.68 bits per heavy atom. The van der Waals surface area contributed by atoms with Gasteiger partial charge in [0.1, 0.15) is 0 Å². The van der Waals surface area contributed by atoms with Crippen LogP contribution in [-0.2, 0) is 7.05 Å². The van der Waals surface area contributed by atoms with Gasteiger partial charge in [0.15, 0.2) is 5.82 Å². The van der Waals surface area contributed by atoms with Crippen LogP contribution in [0.25, 0.3) is 0 Å². The number of aryl methyl sites for hydroxylation is 2. The summed E-state index contributed by atoms with van der Waals surface area (Å²) in [6.45, 7) is 4.17. The van der Waals surface area contributed by atoms with Gasteiger partial charge < -0.3 is 10.2 Å². The summed E-state index contributed by atoms with van der Waals surface area (Å²) in [7, 11) is 5.93. The molecule has 1 unspecified atom stereocenters. The van der Waals surface area contributed by atoms with Gasteiger partial charge in [-0.2, -0.15) is 5.10 Å². The molecule has 0 aliphatic rings. The number of rotatable bonds is 4. The Kier molecular flexibility index (Phi) is 3.74. The molecule has 0 aliphatic heterocycles. The van der Waals surface area contributed by atoms with Crippen LogP contribution in [0.3, 0.4) is 0 Å². The van der Waals surface area contributed by atoms with E-state index in [0.717, 1.165) is 17.2 Å². The summed E-state index contributed by atoms with van der Waals surface area (Å²) in [5.41, 5.74) is 3.29. The fraction of sp³-hybridized carbons (Fsp3) is 0.429. The summed E-state index contributed by atoms with van der Waals surface area (Å²) >= 11 is 0. The van der Waals surface area contributed by atoms with Crippen molar-refractivity contribution >= 4 is 11.5 Å². The number of aromatic nitrogens is 3. The van der Waals surface area contributed by atoms with Crippen LogP contribution in [0.1, 0.15) is 24.2 Å². The van der Waals surface area contributed by atoms with E-state index in [-0.39, 0.29) is 6.04 Å². The third-order valence-corrected chi connectivity index (χ3v) is 3.10. The third kappa shape index (κ3) is 2.86. The van der Waals surface area contributed by atoms with Crippen molar-refractivity contribution in [2.45, 2.75) is 19.9 Å². The van der Waals surface area contributed by atoms with E-state index in [1.54, 1.807) is 6.20 Å². The first-order chi connectivity index (χ1) is 8.99. The van der Waals surface area contributed by atoms with Crippen LogP contribution in [0.4, 0.5) is 11.5 Å². The summed E-state index contributed by atoms with van der Waals surface area (Å²) in [6.07, 6.45) is 3.86. The molecule has 1 N–H and O–H groups in total. The average Bonchev–Trinajstić information content (AvgIpc) is 2.69. The SMILES string of the molecule is Cc1nn(C)cc1C(C)Nc1cccnc1N(C)C. The van der Waals surface area contributed by atoms with Crippen LogP contribution >= 0.6 is 0 Å². The highest BCUT2D eigenvalue weighted by atomic mass is 15.3. The first-order valence-corrected chi connectivity index (χ1v) is 6.38. The maximum atomic E-state index is 4.40. The van der Waals surface area contributed by atoms with Gasteiger partial charge in [0.2, 0.25) is 0 Å². The van der Waals surface area contributed by atoms with Gasteiger partial charge in [-0.1, -0.05) is 0 Å². The molecule has 0 fully saturated rings. The number of hydrogen-bond donors (Lipinski definition) is 1. The Balaban J connectivity index is 2.24. The zero-order valence-electron chi connectivity index (χ0n) is 12.2. The number of anilines is 2. The Morgan fingerprint density at radius 1 is 1.37 bits per heavy atom. The van der Waals surface area contributed by atoms with Crippen molar-refractivity contribution in [2.75, 3.05) is 24.3 Å². The van der Waals surface area contributed by atoms with Gasteiger partial charge in [0, 0.05) is 39.1 Å². The van der Waals surface area contributed by atoms with E-state index in [0.29, 0.717) is 0 Å². The lowest BCUT2D eigenvalue weighted by Crippen LogP contribution is -2.15. The van der Waals surface area contributed by atoms with Crippen LogP contribution in [-0.4, -0.2) is 28.9 Å². The van der Waals surface area contributed by atoms with E-state index in [4.69, 9.17) is 0 Å². The Hall–Kier alpha value is -2.04. The molecule has 0 bridgehead atoms. The second-order valence-corrected chi connectivity index (χ2v) is 4.98. The van der Waals surface area contributed by atoms with Crippen molar-refractivity contribution in [3.8, 4) is 0 Å². The molecular weight excluding hydrogens is 238 g/mol. The highest BCUT2D eigenvalue weighted by molar-refractivity contribution is 5.65. The highest BCUT2D eigenvalue weighted by Gasteiger charge is 2.14. The third-order valence-electron chi connectivity index (χ3n) is 3.10. The maximum Gasteiger partial charge on any atom is 0.151 e. The van der Waals surface area contributed by atoms with Gasteiger partial charge in [-0.25, -0.2) is 4.98 Å². The van der Waals surface area contributed by atoms with E-state index in [1.807, 2.05) is 49.8 Å². The summed E-state index contributed by atoms with van der Waals surface area (Å²) in [4.78, 5) is 6.40. The van der Waals surface area contributed by atoms with Crippen LogP contribution in [0.5, 0.6) is 0 Å². The largest absolute Gasteiger partial charge is 0.375 e. The molecule has 0 spiro atoms. The number of hydrogen-bond acceptors (Lipinski definition) is 4. The van der Waals surface area contributed by atoms with Crippen LogP contribution < -0.4 is 10.2 Å². The van der Waals surface area contributed by atoms with Crippen LogP contribution in [0.15, 0.2) is 24.5 Å². The number of pyridine rings is 1. The molecule has 0 saturated carbocycles. The lowest BCUT2D eigenvalue weighted by Gasteiger charge is -2.20. The minimum absolute atomic E-state index is 0.191. The van der Waals surface area contributed by atoms with Crippen molar-refractivity contribution in [3.05, 3.63) is 35.8 Å². The second-order valence-electron chi connectivity index (χ2n) is 4.98. The molecule has 0 aromatic carbocycles. The standard InChI is InChI=1S/C14H21N5/c1-10(12-9-19(5)17-11(12)2)16-13-7-6-8-15-14(13)18(3)4/h6-10,16H,1-5H3. The van der Waals surface area contributed by atoms with E-state index >= 15 is 0 Å². The molecule has 5 nitrogen and oxygen atoms in total. The fourth-order valence-corrected chi connectivity index (χ4v) is 2.22. The second kappa shape index (κ2) is 5.30. The Morgan fingerprint density at radius 2 is 2.11 bits per heavy atom. The van der Waals surface area contributed by atoms with Crippen LogP contribution in [0, 0.1) is 6.92 Å². The molecule has 0 aliphatic carbocycles. The van der Waals surface area contributed by atoms with E-state index in [1.165, 1.54) is 5.56 Å². The first-order valence-electron chi connectivity index (χ1n) is 6.38. The molecule has 2 heterocycles. The van der Waals surface area contributed by atoms with Gasteiger partial charge in [0.05, 0.1) is 17.4 Å². The molecule has 19 heavy (non-hydrogen) atoms. The predicted molar refractivity (Wildman–Crippen MR) is 78.5 cm³/mol. The van der Waals surface area contributed by atoms with Crippen molar-refractivity contribution in [3.63, 3.8) is 0 Å². The van der Waals surface area contributed by atoms with Crippen molar-refractivity contribution in [1.82, 2.24) is 14.8 Å². The predicted octanol–water partition coefficient (Wildman–Crippen LogP) is 2.36. The molecule has 5 heteroatoms. The molecule has 2 rings (SSSR count). The molecule has 102 valence electrons. The molecular formula is C14H21N5. The van der Waals surface area contributed by atoms with E-state index < -0.39 is 0 Å². The summed E-state index contributed by atoms with van der Waals surface area (Å²) in [5, 5.41) is 7.89. The molecule has 1 atom stereocenters. The lowest BCUT2D eigenvalue weighted by atomic mass is 10.1. The van der Waals surface area contributed by atoms with E-state index in [9.17, 15) is 0 Å². The summed E-state index contributed by atoms with van der Waals surface area (Å²) in [6, 6.07) is 4.18. The monoisotopic (exact) mass is 259 g/mol. The topological polar surface area (TPSA) is 46.0 Å². The minimum Gasteiger partial charge on any atom is -0.375 e. The molecule has 0 radical (unpaired) electrons. The molecule has 0 saturated heterocycles. The van der Waals surface area contributed by atoms with Gasteiger partial charge in [-0.3, -0.25) is 4.68 Å². The smallest absolute Gasteiger partial charge is 0.151 e. The number of nitrogens with zero attached hydrogens (tertiary/aromatic N) is 4. The Bertz CT molecular complexity index is 559. The van der Waals surface area contributed by atoms with Crippen molar-refractivity contribution in [2.24, 2.45) is 7.05 Å². The Labute approximate surface area is 114 Å². The molecule has 0 amide bonds. The lowest BCUT2D eigenvalue weighted by molar-refractivity contribution is 0.756. The van der Waals surface area contributed by atoms with Gasteiger partial charge in [0.25, 0.3) is 0 Å². The number of nitrogens with one attached hydrogen (secondary N) is 1. The van der Waals surface area contributed by atoms with Gasteiger partial charge >= 0.3 is 0 Å². The summed E-state index contributed by atoms with van der Waals surface area (Å²) < 4.78 is 1.85. The highest BCUT2D eigenvalue weighted by Crippen LogP contribution is 2.26. The van der Waals surface area contributed by atoms with E-state index in [2.05, 4.69) is 28.5 Å². The quantitative estimate of drug-likeness (QED) is 0.915. The molecule has 2 aromatic rings. The van der Waals surface area contributed by atoms with Crippen molar-refractivity contribution < 1.29 is 0 Å². The van der Waals surface area contributed by atoms with Crippen LogP contribution in [0.2, 0.25) is 0 Å². The van der Waals surface area contributed by atoms with Gasteiger partial charge in [-0.05, 0) is 26.0 Å². The first kappa shape index (κ1) is 13.4. The fourth-order valence-electron chi connectivity index (χ4n) is 2.22. The van der Waals surface area contributed by atoms with Crippen molar-refractivity contribution in [1.29, 1.82) is 0 Å². The minimum atomic E-state index is 0.191.